The molecule has 2 aliphatic heterocycles. The van der Waals surface area contributed by atoms with Gasteiger partial charge in [0.1, 0.15) is 11.6 Å². The van der Waals surface area contributed by atoms with Crippen molar-refractivity contribution in [3.8, 4) is 5.75 Å². The molecule has 4 rings (SSSR count). The zero-order valence-electron chi connectivity index (χ0n) is 18.3. The van der Waals surface area contributed by atoms with Crippen LogP contribution in [-0.2, 0) is 19.6 Å². The minimum Gasteiger partial charge on any atom is -0.492 e. The summed E-state index contributed by atoms with van der Waals surface area (Å²) in [6.07, 6.45) is 1.47. The molecule has 0 spiro atoms. The molecule has 10 heteroatoms. The van der Waals surface area contributed by atoms with Crippen molar-refractivity contribution in [1.29, 1.82) is 0 Å². The van der Waals surface area contributed by atoms with E-state index in [9.17, 15) is 18.0 Å². The molecule has 0 bridgehead atoms. The van der Waals surface area contributed by atoms with E-state index in [-0.39, 0.29) is 29.7 Å². The third kappa shape index (κ3) is 5.16. The van der Waals surface area contributed by atoms with E-state index in [0.29, 0.717) is 42.5 Å². The first-order valence-electron chi connectivity index (χ1n) is 10.9. The lowest BCUT2D eigenvalue weighted by Crippen LogP contribution is -2.30. The fraction of sp³-hybridized carbons (Fsp3) is 0.348. The van der Waals surface area contributed by atoms with Gasteiger partial charge in [-0.15, -0.1) is 0 Å². The van der Waals surface area contributed by atoms with Crippen LogP contribution >= 0.6 is 0 Å². The van der Waals surface area contributed by atoms with Crippen LogP contribution in [0, 0.1) is 5.92 Å². The fourth-order valence-electron chi connectivity index (χ4n) is 3.90. The van der Waals surface area contributed by atoms with Crippen molar-refractivity contribution in [3.05, 3.63) is 48.5 Å². The molecule has 0 aliphatic carbocycles. The molecule has 33 heavy (non-hydrogen) atoms. The number of nitrogens with one attached hydrogen (secondary N) is 2. The maximum absolute atomic E-state index is 12.9. The van der Waals surface area contributed by atoms with Crippen molar-refractivity contribution in [2.45, 2.75) is 31.1 Å². The smallest absolute Gasteiger partial charge is 0.262 e. The van der Waals surface area contributed by atoms with E-state index in [0.717, 1.165) is 6.42 Å². The lowest BCUT2D eigenvalue weighted by molar-refractivity contribution is -0.122. The number of hydrogen-bond donors (Lipinski definition) is 2. The van der Waals surface area contributed by atoms with Crippen molar-refractivity contribution in [2.24, 2.45) is 10.9 Å². The van der Waals surface area contributed by atoms with Crippen molar-refractivity contribution < 1.29 is 22.7 Å². The van der Waals surface area contributed by atoms with Crippen LogP contribution in [0.1, 0.15) is 26.2 Å². The van der Waals surface area contributed by atoms with E-state index >= 15 is 0 Å². The van der Waals surface area contributed by atoms with Crippen molar-refractivity contribution in [2.75, 3.05) is 29.9 Å². The van der Waals surface area contributed by atoms with E-state index in [2.05, 4.69) is 15.0 Å². The van der Waals surface area contributed by atoms with Crippen molar-refractivity contribution in [3.63, 3.8) is 0 Å². The zero-order valence-corrected chi connectivity index (χ0v) is 19.1. The predicted molar refractivity (Wildman–Crippen MR) is 125 cm³/mol. The van der Waals surface area contributed by atoms with Gasteiger partial charge < -0.3 is 15.0 Å². The fourth-order valence-corrected chi connectivity index (χ4v) is 5.03. The largest absolute Gasteiger partial charge is 0.492 e. The SMILES string of the molecule is CCOc1ccccc1N1C[C@@H](C(=O)Nc2cccc(S(=O)(=O)NC3=NCCC3)c2)CC1=O. The third-order valence-electron chi connectivity index (χ3n) is 5.49. The van der Waals surface area contributed by atoms with Gasteiger partial charge in [-0.3, -0.25) is 19.3 Å². The second kappa shape index (κ2) is 9.62. The Bertz CT molecular complexity index is 1190. The Balaban J connectivity index is 1.45. The summed E-state index contributed by atoms with van der Waals surface area (Å²) in [5, 5.41) is 2.75. The molecule has 2 aromatic rings. The molecule has 0 radical (unpaired) electrons. The Morgan fingerprint density at radius 2 is 2.03 bits per heavy atom. The summed E-state index contributed by atoms with van der Waals surface area (Å²) in [6.45, 7) is 3.16. The molecule has 2 amide bonds. The Morgan fingerprint density at radius 1 is 1.21 bits per heavy atom. The second-order valence-corrected chi connectivity index (χ2v) is 9.54. The van der Waals surface area contributed by atoms with Gasteiger partial charge in [0.05, 0.1) is 23.1 Å². The molecule has 9 nitrogen and oxygen atoms in total. The van der Waals surface area contributed by atoms with E-state index in [1.807, 2.05) is 19.1 Å². The van der Waals surface area contributed by atoms with Gasteiger partial charge in [-0.05, 0) is 43.7 Å². The number of nitrogens with zero attached hydrogens (tertiary/aromatic N) is 2. The number of aliphatic imine (C=N–C) groups is 1. The number of amidine groups is 1. The van der Waals surface area contributed by atoms with Gasteiger partial charge in [-0.25, -0.2) is 8.42 Å². The number of anilines is 2. The van der Waals surface area contributed by atoms with Crippen LogP contribution in [0.4, 0.5) is 11.4 Å². The number of carbonyl (C=O) groups excluding carboxylic acids is 2. The molecule has 0 saturated carbocycles. The number of para-hydroxylation sites is 2. The van der Waals surface area contributed by atoms with Gasteiger partial charge in [-0.2, -0.15) is 0 Å². The number of benzene rings is 2. The van der Waals surface area contributed by atoms with E-state index < -0.39 is 15.9 Å². The zero-order chi connectivity index (χ0) is 23.4. The summed E-state index contributed by atoms with van der Waals surface area (Å²) in [5.41, 5.74) is 0.977. The van der Waals surface area contributed by atoms with Crippen LogP contribution in [0.15, 0.2) is 58.4 Å². The first-order chi connectivity index (χ1) is 15.9. The van der Waals surface area contributed by atoms with Gasteiger partial charge in [0, 0.05) is 31.6 Å². The molecule has 2 aliphatic rings. The normalized spacial score (nSPS) is 18.2. The Hall–Kier alpha value is -3.40. The van der Waals surface area contributed by atoms with Gasteiger partial charge in [0.15, 0.2) is 0 Å². The Kier molecular flexibility index (Phi) is 6.64. The third-order valence-corrected chi connectivity index (χ3v) is 6.87. The maximum atomic E-state index is 12.9. The van der Waals surface area contributed by atoms with Crippen LogP contribution in [0.5, 0.6) is 5.75 Å². The monoisotopic (exact) mass is 470 g/mol. The molecule has 1 fully saturated rings. The quantitative estimate of drug-likeness (QED) is 0.645. The summed E-state index contributed by atoms with van der Waals surface area (Å²) in [5.74, 6) is -0.0472. The second-order valence-electron chi connectivity index (χ2n) is 7.86. The molecule has 1 atom stereocenters. The number of amides is 2. The van der Waals surface area contributed by atoms with Gasteiger partial charge in [-0.1, -0.05) is 18.2 Å². The van der Waals surface area contributed by atoms with E-state index in [4.69, 9.17) is 4.74 Å². The molecule has 1 saturated heterocycles. The highest BCUT2D eigenvalue weighted by atomic mass is 32.2. The molecule has 174 valence electrons. The maximum Gasteiger partial charge on any atom is 0.262 e. The lowest BCUT2D eigenvalue weighted by Gasteiger charge is -2.20. The summed E-state index contributed by atoms with van der Waals surface area (Å²) in [4.78, 5) is 31.2. The summed E-state index contributed by atoms with van der Waals surface area (Å²) in [6, 6.07) is 13.3. The highest BCUT2D eigenvalue weighted by Crippen LogP contribution is 2.33. The first kappa shape index (κ1) is 22.8. The number of rotatable bonds is 7. The molecule has 0 unspecified atom stereocenters. The van der Waals surface area contributed by atoms with Crippen LogP contribution in [-0.4, -0.2) is 45.8 Å². The Morgan fingerprint density at radius 3 is 2.79 bits per heavy atom. The van der Waals surface area contributed by atoms with Crippen LogP contribution in [0.3, 0.4) is 0 Å². The van der Waals surface area contributed by atoms with Gasteiger partial charge >= 0.3 is 0 Å². The number of sulfonamides is 1. The topological polar surface area (TPSA) is 117 Å². The van der Waals surface area contributed by atoms with Gasteiger partial charge in [0.25, 0.3) is 10.0 Å². The number of ether oxygens (including phenoxy) is 1. The average Bonchev–Trinajstić information content (AvgIpc) is 3.44. The molecular weight excluding hydrogens is 444 g/mol. The first-order valence-corrected chi connectivity index (χ1v) is 12.3. The lowest BCUT2D eigenvalue weighted by atomic mass is 10.1. The minimum absolute atomic E-state index is 0.0321. The highest BCUT2D eigenvalue weighted by Gasteiger charge is 2.36. The number of carbonyl (C=O) groups is 2. The highest BCUT2D eigenvalue weighted by molar-refractivity contribution is 7.90. The minimum atomic E-state index is -3.79. The molecular formula is C23H26N4O5S. The van der Waals surface area contributed by atoms with Crippen LogP contribution in [0.2, 0.25) is 0 Å². The van der Waals surface area contributed by atoms with Crippen molar-refractivity contribution >= 4 is 39.0 Å². The standard InChI is InChI=1S/C23H26N4O5S/c1-2-32-20-10-4-3-9-19(20)27-15-16(13-22(27)28)23(29)25-17-7-5-8-18(14-17)33(30,31)26-21-11-6-12-24-21/h3-5,7-10,14,16H,2,6,11-13,15H2,1H3,(H,24,26)(H,25,29)/t16-/m0/s1. The van der Waals surface area contributed by atoms with Gasteiger partial charge in [0.2, 0.25) is 11.8 Å². The van der Waals surface area contributed by atoms with Crippen LogP contribution < -0.4 is 19.7 Å². The Labute approximate surface area is 192 Å². The van der Waals surface area contributed by atoms with Crippen molar-refractivity contribution in [1.82, 2.24) is 4.72 Å². The summed E-state index contributed by atoms with van der Waals surface area (Å²) >= 11 is 0. The molecule has 2 aromatic carbocycles. The summed E-state index contributed by atoms with van der Waals surface area (Å²) < 4.78 is 33.4. The van der Waals surface area contributed by atoms with Crippen LogP contribution in [0.25, 0.3) is 0 Å². The van der Waals surface area contributed by atoms with E-state index in [1.165, 1.54) is 12.1 Å². The number of hydrogen-bond acceptors (Lipinski definition) is 6. The van der Waals surface area contributed by atoms with E-state index in [1.54, 1.807) is 29.2 Å². The predicted octanol–water partition coefficient (Wildman–Crippen LogP) is 2.55. The average molecular weight is 471 g/mol. The molecule has 2 N–H and O–H groups in total. The molecule has 0 aromatic heterocycles. The molecule has 2 heterocycles. The summed E-state index contributed by atoms with van der Waals surface area (Å²) in [7, 11) is -3.79.